The fourth-order valence-corrected chi connectivity index (χ4v) is 2.23. The Labute approximate surface area is 122 Å². The van der Waals surface area contributed by atoms with Crippen LogP contribution in [0.4, 0.5) is 10.2 Å². The van der Waals surface area contributed by atoms with Gasteiger partial charge in [0.05, 0.1) is 20.6 Å². The summed E-state index contributed by atoms with van der Waals surface area (Å²) < 4.78 is 33.2. The number of rotatable bonds is 4. The van der Waals surface area contributed by atoms with Gasteiger partial charge in [0, 0.05) is 0 Å². The fourth-order valence-electron chi connectivity index (χ4n) is 1.90. The van der Waals surface area contributed by atoms with Gasteiger partial charge in [-0.15, -0.1) is 0 Å². The summed E-state index contributed by atoms with van der Waals surface area (Å²) >= 11 is 0. The third kappa shape index (κ3) is 3.50. The summed E-state index contributed by atoms with van der Waals surface area (Å²) in [6.45, 7) is -0.876. The topological polar surface area (TPSA) is 183 Å². The van der Waals surface area contributed by atoms with Crippen LogP contribution in [0.1, 0.15) is 6.23 Å². The van der Waals surface area contributed by atoms with E-state index in [9.17, 15) is 33.7 Å². The lowest BCUT2D eigenvalue weighted by molar-refractivity contribution is -0.343. The molecular formula is C9H11FN3O8P-2. The molecular weight excluding hydrogens is 328 g/mol. The zero-order chi connectivity index (χ0) is 16.7. The van der Waals surface area contributed by atoms with Crippen molar-refractivity contribution in [2.75, 3.05) is 12.3 Å². The normalized spacial score (nSPS) is 29.0. The molecule has 0 unspecified atom stereocenters. The Bertz CT molecular complexity index is 663. The minimum atomic E-state index is -5.31. The largest absolute Gasteiger partial charge is 0.790 e. The van der Waals surface area contributed by atoms with Gasteiger partial charge in [0.25, 0.3) is 0 Å². The van der Waals surface area contributed by atoms with Gasteiger partial charge in [0.15, 0.2) is 17.9 Å². The Kier molecular flexibility index (Phi) is 4.63. The number of phosphoric ester groups is 1. The second-order valence-electron chi connectivity index (χ2n) is 4.45. The molecule has 1 fully saturated rings. The lowest BCUT2D eigenvalue weighted by atomic mass is 10.1. The first-order chi connectivity index (χ1) is 10.1. The highest BCUT2D eigenvalue weighted by Crippen LogP contribution is 2.32. The van der Waals surface area contributed by atoms with Gasteiger partial charge in [-0.1, -0.05) is 0 Å². The van der Waals surface area contributed by atoms with Crippen molar-refractivity contribution in [3.8, 4) is 0 Å². The highest BCUT2D eigenvalue weighted by Gasteiger charge is 2.44. The number of aliphatic hydroxyl groups is 2. The van der Waals surface area contributed by atoms with E-state index in [2.05, 4.69) is 9.51 Å². The van der Waals surface area contributed by atoms with Gasteiger partial charge in [-0.25, -0.2) is 9.18 Å². The van der Waals surface area contributed by atoms with Gasteiger partial charge >= 0.3 is 5.69 Å². The summed E-state index contributed by atoms with van der Waals surface area (Å²) in [4.78, 5) is 35.5. The molecule has 13 heteroatoms. The molecule has 22 heavy (non-hydrogen) atoms. The zero-order valence-electron chi connectivity index (χ0n) is 10.7. The molecule has 0 spiro atoms. The molecule has 4 atom stereocenters. The van der Waals surface area contributed by atoms with Gasteiger partial charge in [0.1, 0.15) is 18.3 Å². The Balaban J connectivity index is 2.22. The van der Waals surface area contributed by atoms with Gasteiger partial charge in [-0.05, 0) is 0 Å². The Hall–Kier alpha value is -1.40. The van der Waals surface area contributed by atoms with Crippen LogP contribution in [0.25, 0.3) is 0 Å². The molecule has 11 nitrogen and oxygen atoms in total. The minimum Gasteiger partial charge on any atom is -0.790 e. The first-order valence-electron chi connectivity index (χ1n) is 5.82. The van der Waals surface area contributed by atoms with Crippen molar-refractivity contribution >= 4 is 13.6 Å². The molecule has 4 N–H and O–H groups in total. The minimum absolute atomic E-state index is 0.535. The molecule has 0 amide bonds. The average Bonchev–Trinajstić information content (AvgIpc) is 2.68. The van der Waals surface area contributed by atoms with E-state index in [1.54, 1.807) is 0 Å². The van der Waals surface area contributed by atoms with E-state index in [4.69, 9.17) is 10.5 Å². The molecule has 1 aliphatic rings. The molecule has 124 valence electrons. The number of aromatic nitrogens is 2. The van der Waals surface area contributed by atoms with Crippen molar-refractivity contribution in [3.05, 3.63) is 22.5 Å². The van der Waals surface area contributed by atoms with Crippen molar-refractivity contribution < 1.29 is 38.2 Å². The van der Waals surface area contributed by atoms with Crippen molar-refractivity contribution in [2.45, 2.75) is 24.5 Å². The first kappa shape index (κ1) is 17.0. The quantitative estimate of drug-likeness (QED) is 0.464. The van der Waals surface area contributed by atoms with Gasteiger partial charge in [0.2, 0.25) is 0 Å². The number of halogens is 1. The number of aliphatic hydroxyl groups excluding tert-OH is 2. The number of hydrogen-bond donors (Lipinski definition) is 3. The third-order valence-electron chi connectivity index (χ3n) is 2.94. The second kappa shape index (κ2) is 6.01. The molecule has 1 saturated heterocycles. The SMILES string of the molecule is Nc1nc(=O)n([C@@H]2O[C@H](COP(=O)([O-])[O-])[C@@H](O)[C@H]2O)cc1F. The maximum Gasteiger partial charge on any atom is 0.351 e. The van der Waals surface area contributed by atoms with E-state index in [1.165, 1.54) is 0 Å². The first-order valence-corrected chi connectivity index (χ1v) is 7.28. The summed E-state index contributed by atoms with van der Waals surface area (Å²) in [7, 11) is -5.31. The molecule has 0 saturated carbocycles. The number of ether oxygens (including phenoxy) is 1. The predicted molar refractivity (Wildman–Crippen MR) is 62.3 cm³/mol. The Morgan fingerprint density at radius 3 is 2.73 bits per heavy atom. The van der Waals surface area contributed by atoms with Crippen LogP contribution in [0.5, 0.6) is 0 Å². The lowest BCUT2D eigenvalue weighted by Gasteiger charge is -2.30. The van der Waals surface area contributed by atoms with Gasteiger partial charge in [-0.3, -0.25) is 4.57 Å². The van der Waals surface area contributed by atoms with Crippen LogP contribution in [0.15, 0.2) is 11.0 Å². The molecule has 1 aliphatic heterocycles. The maximum atomic E-state index is 13.3. The summed E-state index contributed by atoms with van der Waals surface area (Å²) in [5.74, 6) is -1.72. The number of hydrogen-bond acceptors (Lipinski definition) is 10. The van der Waals surface area contributed by atoms with Gasteiger partial charge in [-0.2, -0.15) is 4.98 Å². The number of anilines is 1. The van der Waals surface area contributed by atoms with Crippen molar-refractivity contribution in [1.29, 1.82) is 0 Å². The summed E-state index contributed by atoms with van der Waals surface area (Å²) in [5, 5.41) is 19.5. The van der Waals surface area contributed by atoms with Crippen molar-refractivity contribution in [3.63, 3.8) is 0 Å². The van der Waals surface area contributed by atoms with Crippen LogP contribution >= 0.6 is 7.82 Å². The van der Waals surface area contributed by atoms with Crippen LogP contribution in [0.3, 0.4) is 0 Å². The maximum absolute atomic E-state index is 13.3. The van der Waals surface area contributed by atoms with Crippen LogP contribution in [-0.4, -0.2) is 44.7 Å². The molecule has 2 heterocycles. The second-order valence-corrected chi connectivity index (χ2v) is 5.61. The highest BCUT2D eigenvalue weighted by molar-refractivity contribution is 7.43. The van der Waals surface area contributed by atoms with E-state index in [0.717, 1.165) is 0 Å². The van der Waals surface area contributed by atoms with E-state index >= 15 is 0 Å². The molecule has 0 aliphatic carbocycles. The van der Waals surface area contributed by atoms with Gasteiger partial charge < -0.3 is 39.6 Å². The standard InChI is InChI=1S/C9H13FN3O8P/c10-3-1-13(9(16)12-7(3)11)8-6(15)5(14)4(21-8)2-20-22(17,18)19/h1,4-6,8,14-15H,2H2,(H2,11,12,16)(H2,17,18,19)/p-2/t4-,5-,6-,8-/m1/s1. The van der Waals surface area contributed by atoms with E-state index in [1.807, 2.05) is 0 Å². The van der Waals surface area contributed by atoms with E-state index in [0.29, 0.717) is 10.8 Å². The van der Waals surface area contributed by atoms with E-state index < -0.39 is 56.3 Å². The van der Waals surface area contributed by atoms with Crippen LogP contribution in [0, 0.1) is 5.82 Å². The summed E-state index contributed by atoms with van der Waals surface area (Å²) in [6, 6.07) is 0. The molecule has 0 radical (unpaired) electrons. The average molecular weight is 339 g/mol. The zero-order valence-corrected chi connectivity index (χ0v) is 11.6. The summed E-state index contributed by atoms with van der Waals surface area (Å²) in [6.07, 6.45) is -5.77. The third-order valence-corrected chi connectivity index (χ3v) is 3.41. The van der Waals surface area contributed by atoms with Crippen LogP contribution < -0.4 is 21.2 Å². The van der Waals surface area contributed by atoms with Crippen molar-refractivity contribution in [1.82, 2.24) is 9.55 Å². The fraction of sp³-hybridized carbons (Fsp3) is 0.556. The highest BCUT2D eigenvalue weighted by atomic mass is 31.2. The lowest BCUT2D eigenvalue weighted by Crippen LogP contribution is -2.36. The Morgan fingerprint density at radius 1 is 1.50 bits per heavy atom. The van der Waals surface area contributed by atoms with Crippen LogP contribution in [0.2, 0.25) is 0 Å². The number of nitrogen functional groups attached to an aromatic ring is 1. The molecule has 1 aromatic heterocycles. The summed E-state index contributed by atoms with van der Waals surface area (Å²) in [5.41, 5.74) is 4.04. The van der Waals surface area contributed by atoms with Crippen molar-refractivity contribution in [2.24, 2.45) is 0 Å². The molecule has 0 bridgehead atoms. The molecule has 2 rings (SSSR count). The van der Waals surface area contributed by atoms with E-state index in [-0.39, 0.29) is 0 Å². The van der Waals surface area contributed by atoms with Crippen LogP contribution in [-0.2, 0) is 13.8 Å². The monoisotopic (exact) mass is 339 g/mol. The number of nitrogens with zero attached hydrogens (tertiary/aromatic N) is 2. The molecule has 0 aromatic carbocycles. The number of nitrogens with two attached hydrogens (primary N) is 1. The smallest absolute Gasteiger partial charge is 0.351 e. The molecule has 1 aromatic rings. The Morgan fingerprint density at radius 2 is 2.14 bits per heavy atom. The predicted octanol–water partition coefficient (Wildman–Crippen LogP) is -3.57. The number of phosphoric acid groups is 1.